The minimum atomic E-state index is -3.67. The van der Waals surface area contributed by atoms with Crippen molar-refractivity contribution in [3.05, 3.63) is 18.2 Å². The molecule has 1 aromatic carbocycles. The van der Waals surface area contributed by atoms with E-state index < -0.39 is 10.0 Å². The first-order valence-electron chi connectivity index (χ1n) is 13.0. The van der Waals surface area contributed by atoms with E-state index in [-0.39, 0.29) is 17.3 Å². The number of sulfonamides is 1. The van der Waals surface area contributed by atoms with E-state index in [1.807, 2.05) is 0 Å². The number of rotatable bonds is 8. The fourth-order valence-corrected chi connectivity index (χ4v) is 7.73. The molecule has 5 rings (SSSR count). The average molecular weight is 507 g/mol. The van der Waals surface area contributed by atoms with E-state index in [0.717, 1.165) is 17.5 Å². The van der Waals surface area contributed by atoms with Crippen molar-refractivity contribution in [2.24, 2.45) is 17.8 Å². The smallest absolute Gasteiger partial charge is 0.243 e. The molecular formula is C25H38N4O5S. The summed E-state index contributed by atoms with van der Waals surface area (Å²) in [6.45, 7) is 6.43. The molecule has 0 aromatic heterocycles. The third-order valence-corrected chi connectivity index (χ3v) is 10.1. The van der Waals surface area contributed by atoms with Gasteiger partial charge < -0.3 is 25.0 Å². The highest BCUT2D eigenvalue weighted by Gasteiger charge is 2.41. The van der Waals surface area contributed by atoms with E-state index >= 15 is 0 Å². The topological polar surface area (TPSA) is 100 Å². The van der Waals surface area contributed by atoms with E-state index in [9.17, 15) is 13.2 Å². The van der Waals surface area contributed by atoms with Crippen LogP contribution < -0.4 is 15.5 Å². The quantitative estimate of drug-likeness (QED) is 0.555. The van der Waals surface area contributed by atoms with Crippen LogP contribution >= 0.6 is 0 Å². The number of hydrogen-bond donors (Lipinski definition) is 2. The first-order chi connectivity index (χ1) is 16.9. The molecule has 4 fully saturated rings. The second-order valence-corrected chi connectivity index (χ2v) is 12.3. The van der Waals surface area contributed by atoms with Crippen LogP contribution in [0.15, 0.2) is 23.1 Å². The number of ether oxygens (including phenoxy) is 2. The lowest BCUT2D eigenvalue weighted by Crippen LogP contribution is -2.41. The molecule has 1 aromatic rings. The van der Waals surface area contributed by atoms with Gasteiger partial charge >= 0.3 is 0 Å². The summed E-state index contributed by atoms with van der Waals surface area (Å²) in [5.41, 5.74) is 1.35. The van der Waals surface area contributed by atoms with Gasteiger partial charge in [0.25, 0.3) is 0 Å². The molecule has 4 aliphatic rings. The summed E-state index contributed by atoms with van der Waals surface area (Å²) in [5.74, 6) is 2.15. The van der Waals surface area contributed by atoms with Gasteiger partial charge in [0.05, 0.1) is 49.2 Å². The molecule has 2 heterocycles. The van der Waals surface area contributed by atoms with Crippen LogP contribution in [0, 0.1) is 17.8 Å². The van der Waals surface area contributed by atoms with E-state index in [4.69, 9.17) is 9.47 Å². The summed E-state index contributed by atoms with van der Waals surface area (Å²) in [6, 6.07) is 5.34. The highest BCUT2D eigenvalue weighted by molar-refractivity contribution is 7.89. The van der Waals surface area contributed by atoms with Gasteiger partial charge in [-0.3, -0.25) is 4.79 Å². The predicted molar refractivity (Wildman–Crippen MR) is 134 cm³/mol. The van der Waals surface area contributed by atoms with E-state index in [2.05, 4.69) is 22.5 Å². The number of fused-ring (bicyclic) bond motifs is 2. The summed E-state index contributed by atoms with van der Waals surface area (Å²) in [7, 11) is -3.67. The molecule has 2 saturated heterocycles. The van der Waals surface area contributed by atoms with Crippen LogP contribution in [0.5, 0.6) is 0 Å². The lowest BCUT2D eigenvalue weighted by molar-refractivity contribution is -0.115. The van der Waals surface area contributed by atoms with Gasteiger partial charge in [-0.1, -0.05) is 6.42 Å². The molecule has 2 saturated carbocycles. The number of benzene rings is 1. The van der Waals surface area contributed by atoms with Crippen LogP contribution in [0.3, 0.4) is 0 Å². The normalized spacial score (nSPS) is 28.3. The lowest BCUT2D eigenvalue weighted by Gasteiger charge is -2.31. The van der Waals surface area contributed by atoms with Crippen LogP contribution in [0.1, 0.15) is 32.6 Å². The van der Waals surface area contributed by atoms with E-state index in [1.165, 1.54) is 30.0 Å². The molecule has 9 nitrogen and oxygen atoms in total. The summed E-state index contributed by atoms with van der Waals surface area (Å²) >= 11 is 0. The van der Waals surface area contributed by atoms with E-state index in [0.29, 0.717) is 70.3 Å². The van der Waals surface area contributed by atoms with E-state index in [1.54, 1.807) is 18.2 Å². The highest BCUT2D eigenvalue weighted by atomic mass is 32.2. The Balaban J connectivity index is 1.30. The first-order valence-corrected chi connectivity index (χ1v) is 14.4. The Morgan fingerprint density at radius 2 is 1.77 bits per heavy atom. The molecule has 2 bridgehead atoms. The Labute approximate surface area is 208 Å². The second kappa shape index (κ2) is 10.7. The molecule has 4 atom stereocenters. The molecule has 10 heteroatoms. The number of nitrogens with one attached hydrogen (secondary N) is 2. The molecule has 0 unspecified atom stereocenters. The van der Waals surface area contributed by atoms with Crippen LogP contribution in [-0.2, 0) is 24.3 Å². The minimum Gasteiger partial charge on any atom is -0.379 e. The first kappa shape index (κ1) is 25.0. The van der Waals surface area contributed by atoms with Crippen molar-refractivity contribution < 1.29 is 22.7 Å². The van der Waals surface area contributed by atoms with Crippen LogP contribution in [0.25, 0.3) is 0 Å². The fraction of sp³-hybridized carbons (Fsp3) is 0.720. The number of morpholine rings is 2. The number of hydrogen-bond acceptors (Lipinski definition) is 7. The number of anilines is 2. The maximum atomic E-state index is 13.2. The molecule has 2 aliphatic heterocycles. The third-order valence-electron chi connectivity index (χ3n) is 8.22. The van der Waals surface area contributed by atoms with Crippen LogP contribution in [0.2, 0.25) is 0 Å². The largest absolute Gasteiger partial charge is 0.379 e. The maximum absolute atomic E-state index is 13.2. The van der Waals surface area contributed by atoms with Gasteiger partial charge in [0, 0.05) is 32.2 Å². The standard InChI is InChI=1S/C25H38N4O5S/c1-18(22-15-19-2-3-20(22)14-19)26-17-25(30)27-23-16-21(35(31,32)29-8-12-34-13-9-29)4-5-24(23)28-6-10-33-11-7-28/h4-5,16,18-20,22,26H,2-3,6-15,17H2,1H3,(H,27,30)/t18-,19+,20+,22+/m0/s1. The Hall–Kier alpha value is -1.72. The van der Waals surface area contributed by atoms with Gasteiger partial charge in [-0.05, 0) is 62.1 Å². The van der Waals surface area contributed by atoms with Crippen molar-refractivity contribution >= 4 is 27.3 Å². The lowest BCUT2D eigenvalue weighted by atomic mass is 9.84. The Bertz CT molecular complexity index is 1010. The van der Waals surface area contributed by atoms with Crippen molar-refractivity contribution in [2.75, 3.05) is 69.4 Å². The molecule has 1 amide bonds. The summed E-state index contributed by atoms with van der Waals surface area (Å²) < 4.78 is 38.7. The molecule has 0 radical (unpaired) electrons. The van der Waals surface area contributed by atoms with Crippen molar-refractivity contribution in [2.45, 2.75) is 43.5 Å². The summed E-state index contributed by atoms with van der Waals surface area (Å²) in [4.78, 5) is 15.3. The number of carbonyl (C=O) groups is 1. The monoisotopic (exact) mass is 506 g/mol. The number of nitrogens with zero attached hydrogens (tertiary/aromatic N) is 2. The van der Waals surface area contributed by atoms with Gasteiger partial charge in [-0.2, -0.15) is 4.31 Å². The Morgan fingerprint density at radius 1 is 1.06 bits per heavy atom. The minimum absolute atomic E-state index is 0.157. The summed E-state index contributed by atoms with van der Waals surface area (Å²) in [5, 5.41) is 6.45. The Kier molecular flexibility index (Phi) is 7.64. The molecule has 0 spiro atoms. The third kappa shape index (κ3) is 5.51. The average Bonchev–Trinajstić information content (AvgIpc) is 3.52. The molecule has 2 aliphatic carbocycles. The van der Waals surface area contributed by atoms with Gasteiger partial charge in [-0.25, -0.2) is 8.42 Å². The maximum Gasteiger partial charge on any atom is 0.243 e. The fourth-order valence-electron chi connectivity index (χ4n) is 6.30. The van der Waals surface area contributed by atoms with Crippen LogP contribution in [-0.4, -0.2) is 83.8 Å². The zero-order valence-electron chi connectivity index (χ0n) is 20.6. The van der Waals surface area contributed by atoms with Crippen molar-refractivity contribution in [3.8, 4) is 0 Å². The van der Waals surface area contributed by atoms with Gasteiger partial charge in [0.2, 0.25) is 15.9 Å². The molecule has 194 valence electrons. The highest BCUT2D eigenvalue weighted by Crippen LogP contribution is 2.49. The van der Waals surface area contributed by atoms with Gasteiger partial charge in [0.15, 0.2) is 0 Å². The SMILES string of the molecule is C[C@H](NCC(=O)Nc1cc(S(=O)(=O)N2CCOCC2)ccc1N1CCOCC1)[C@H]1C[C@@H]2CC[C@@H]1C2. The van der Waals surface area contributed by atoms with Crippen LogP contribution in [0.4, 0.5) is 11.4 Å². The zero-order chi connectivity index (χ0) is 24.4. The van der Waals surface area contributed by atoms with Gasteiger partial charge in [0.1, 0.15) is 0 Å². The van der Waals surface area contributed by atoms with Crippen molar-refractivity contribution in [1.29, 1.82) is 0 Å². The molecular weight excluding hydrogens is 468 g/mol. The van der Waals surface area contributed by atoms with Crippen molar-refractivity contribution in [3.63, 3.8) is 0 Å². The number of carbonyl (C=O) groups excluding carboxylic acids is 1. The van der Waals surface area contributed by atoms with Crippen molar-refractivity contribution in [1.82, 2.24) is 9.62 Å². The predicted octanol–water partition coefficient (Wildman–Crippen LogP) is 1.90. The molecule has 35 heavy (non-hydrogen) atoms. The zero-order valence-corrected chi connectivity index (χ0v) is 21.4. The molecule has 2 N–H and O–H groups in total. The van der Waals surface area contributed by atoms with Gasteiger partial charge in [-0.15, -0.1) is 0 Å². The Morgan fingerprint density at radius 3 is 2.43 bits per heavy atom. The number of amides is 1. The summed E-state index contributed by atoms with van der Waals surface area (Å²) in [6.07, 6.45) is 5.29. The second-order valence-electron chi connectivity index (χ2n) is 10.4.